The number of aryl methyl sites for hydroxylation is 1. The van der Waals surface area contributed by atoms with Gasteiger partial charge >= 0.3 is 0 Å². The second-order valence-corrected chi connectivity index (χ2v) is 6.93. The molecule has 2 aromatic rings. The standard InChI is InChI=1S/C18H22N2O2S.ClH/c1-13-4-6-14(7-5-13)20(12-16-3-2-10-23-16)18(21)17-9-8-15(11-19)22-17;/h2-7,10,15,17H,8-9,11-12,19H2,1H3;1H/t15-,17+;/m1./s1. The molecule has 0 aliphatic carbocycles. The summed E-state index contributed by atoms with van der Waals surface area (Å²) in [7, 11) is 0. The molecular formula is C18H23ClN2O2S. The van der Waals surface area contributed by atoms with Gasteiger partial charge in [-0.15, -0.1) is 23.7 Å². The number of benzene rings is 1. The maximum atomic E-state index is 13.0. The molecule has 130 valence electrons. The molecule has 24 heavy (non-hydrogen) atoms. The molecule has 1 aliphatic rings. The van der Waals surface area contributed by atoms with Crippen molar-refractivity contribution in [3.8, 4) is 0 Å². The Morgan fingerprint density at radius 2 is 2.04 bits per heavy atom. The Kier molecular flexibility index (Phi) is 6.80. The van der Waals surface area contributed by atoms with Crippen molar-refractivity contribution in [2.45, 2.75) is 38.5 Å². The van der Waals surface area contributed by atoms with Gasteiger partial charge in [0.1, 0.15) is 6.10 Å². The van der Waals surface area contributed by atoms with E-state index in [-0.39, 0.29) is 30.5 Å². The van der Waals surface area contributed by atoms with Crippen LogP contribution in [0, 0.1) is 6.92 Å². The van der Waals surface area contributed by atoms with Gasteiger partial charge in [-0.2, -0.15) is 0 Å². The van der Waals surface area contributed by atoms with E-state index in [0.29, 0.717) is 13.1 Å². The summed E-state index contributed by atoms with van der Waals surface area (Å²) in [6.45, 7) is 3.09. The van der Waals surface area contributed by atoms with Gasteiger partial charge in [-0.25, -0.2) is 0 Å². The lowest BCUT2D eigenvalue weighted by atomic mass is 10.1. The molecule has 1 fully saturated rings. The molecule has 0 spiro atoms. The summed E-state index contributed by atoms with van der Waals surface area (Å²) in [6.07, 6.45) is 1.22. The van der Waals surface area contributed by atoms with Crippen LogP contribution >= 0.6 is 23.7 Å². The Labute approximate surface area is 153 Å². The molecule has 1 aliphatic heterocycles. The van der Waals surface area contributed by atoms with Gasteiger partial charge in [0.15, 0.2) is 0 Å². The lowest BCUT2D eigenvalue weighted by Gasteiger charge is -2.25. The van der Waals surface area contributed by atoms with Crippen LogP contribution in [-0.4, -0.2) is 24.7 Å². The normalized spacial score (nSPS) is 19.8. The Balaban J connectivity index is 0.00000208. The minimum Gasteiger partial charge on any atom is -0.364 e. The molecule has 0 unspecified atom stereocenters. The highest BCUT2D eigenvalue weighted by Gasteiger charge is 2.33. The van der Waals surface area contributed by atoms with E-state index in [1.165, 1.54) is 5.56 Å². The lowest BCUT2D eigenvalue weighted by molar-refractivity contribution is -0.129. The third kappa shape index (κ3) is 4.36. The highest BCUT2D eigenvalue weighted by atomic mass is 35.5. The van der Waals surface area contributed by atoms with Crippen LogP contribution in [0.2, 0.25) is 0 Å². The fraction of sp³-hybridized carbons (Fsp3) is 0.389. The van der Waals surface area contributed by atoms with E-state index in [9.17, 15) is 4.79 Å². The van der Waals surface area contributed by atoms with Gasteiger partial charge in [-0.05, 0) is 43.3 Å². The van der Waals surface area contributed by atoms with Crippen LogP contribution < -0.4 is 10.6 Å². The number of nitrogens with two attached hydrogens (primary N) is 1. The first-order valence-corrected chi connectivity index (χ1v) is 8.81. The van der Waals surface area contributed by atoms with Crippen molar-refractivity contribution < 1.29 is 9.53 Å². The number of halogens is 1. The number of carbonyl (C=O) groups is 1. The summed E-state index contributed by atoms with van der Waals surface area (Å²) in [5.74, 6) is 0.0261. The fourth-order valence-electron chi connectivity index (χ4n) is 2.81. The number of ether oxygens (including phenoxy) is 1. The summed E-state index contributed by atoms with van der Waals surface area (Å²) < 4.78 is 5.80. The van der Waals surface area contributed by atoms with E-state index in [0.717, 1.165) is 23.4 Å². The Hall–Kier alpha value is -1.40. The molecule has 2 heterocycles. The van der Waals surface area contributed by atoms with Crippen molar-refractivity contribution in [1.82, 2.24) is 0 Å². The minimum atomic E-state index is -0.384. The SMILES string of the molecule is Cc1ccc(N(Cc2cccs2)C(=O)[C@@H]2CC[C@H](CN)O2)cc1.Cl. The molecule has 3 rings (SSSR count). The van der Waals surface area contributed by atoms with Crippen LogP contribution in [0.1, 0.15) is 23.3 Å². The molecule has 0 saturated carbocycles. The van der Waals surface area contributed by atoms with Crippen LogP contribution in [0.5, 0.6) is 0 Å². The summed E-state index contributed by atoms with van der Waals surface area (Å²) in [4.78, 5) is 16.0. The maximum absolute atomic E-state index is 13.0. The van der Waals surface area contributed by atoms with Crippen LogP contribution in [0.25, 0.3) is 0 Å². The average Bonchev–Trinajstić information content (AvgIpc) is 3.24. The Morgan fingerprint density at radius 1 is 1.29 bits per heavy atom. The number of hydrogen-bond donors (Lipinski definition) is 1. The Morgan fingerprint density at radius 3 is 2.62 bits per heavy atom. The van der Waals surface area contributed by atoms with Crippen LogP contribution in [-0.2, 0) is 16.1 Å². The third-order valence-electron chi connectivity index (χ3n) is 4.15. The van der Waals surface area contributed by atoms with Crippen molar-refractivity contribution in [2.24, 2.45) is 5.73 Å². The predicted octanol–water partition coefficient (Wildman–Crippen LogP) is 3.52. The minimum absolute atomic E-state index is 0. The summed E-state index contributed by atoms with van der Waals surface area (Å²) in [5.41, 5.74) is 7.75. The molecule has 2 N–H and O–H groups in total. The van der Waals surface area contributed by atoms with E-state index in [2.05, 4.69) is 6.07 Å². The van der Waals surface area contributed by atoms with Crippen molar-refractivity contribution >= 4 is 35.3 Å². The van der Waals surface area contributed by atoms with Gasteiger partial charge in [0.2, 0.25) is 0 Å². The first kappa shape index (κ1) is 18.9. The van der Waals surface area contributed by atoms with Gasteiger partial charge in [0, 0.05) is 17.1 Å². The van der Waals surface area contributed by atoms with Gasteiger partial charge < -0.3 is 15.4 Å². The number of anilines is 1. The second kappa shape index (κ2) is 8.62. The lowest BCUT2D eigenvalue weighted by Crippen LogP contribution is -2.39. The van der Waals surface area contributed by atoms with Gasteiger partial charge in [0.05, 0.1) is 12.6 Å². The number of amides is 1. The number of carbonyl (C=O) groups excluding carboxylic acids is 1. The van der Waals surface area contributed by atoms with Gasteiger partial charge in [0.25, 0.3) is 5.91 Å². The molecule has 1 aromatic carbocycles. The van der Waals surface area contributed by atoms with E-state index in [1.807, 2.05) is 47.5 Å². The smallest absolute Gasteiger partial charge is 0.256 e. The van der Waals surface area contributed by atoms with Crippen LogP contribution in [0.15, 0.2) is 41.8 Å². The molecule has 0 bridgehead atoms. The fourth-order valence-corrected chi connectivity index (χ4v) is 3.51. The summed E-state index contributed by atoms with van der Waals surface area (Å²) in [6, 6.07) is 12.1. The van der Waals surface area contributed by atoms with Crippen LogP contribution in [0.4, 0.5) is 5.69 Å². The number of rotatable bonds is 5. The zero-order chi connectivity index (χ0) is 16.2. The summed E-state index contributed by atoms with van der Waals surface area (Å²) >= 11 is 1.66. The molecule has 1 aromatic heterocycles. The molecule has 6 heteroatoms. The highest BCUT2D eigenvalue weighted by Crippen LogP contribution is 2.26. The number of nitrogens with zero attached hydrogens (tertiary/aromatic N) is 1. The van der Waals surface area contributed by atoms with Crippen molar-refractivity contribution in [3.05, 3.63) is 52.2 Å². The van der Waals surface area contributed by atoms with Gasteiger partial charge in [-0.3, -0.25) is 4.79 Å². The van der Waals surface area contributed by atoms with E-state index >= 15 is 0 Å². The zero-order valence-corrected chi connectivity index (χ0v) is 15.3. The van der Waals surface area contributed by atoms with E-state index < -0.39 is 0 Å². The topological polar surface area (TPSA) is 55.6 Å². The van der Waals surface area contributed by atoms with Crippen molar-refractivity contribution in [3.63, 3.8) is 0 Å². The van der Waals surface area contributed by atoms with Crippen LogP contribution in [0.3, 0.4) is 0 Å². The number of thiophene rings is 1. The van der Waals surface area contributed by atoms with Crippen molar-refractivity contribution in [1.29, 1.82) is 0 Å². The summed E-state index contributed by atoms with van der Waals surface area (Å²) in [5, 5.41) is 2.03. The third-order valence-corrected chi connectivity index (χ3v) is 5.01. The monoisotopic (exact) mass is 366 g/mol. The first-order valence-electron chi connectivity index (χ1n) is 7.93. The number of hydrogen-bond acceptors (Lipinski definition) is 4. The average molecular weight is 367 g/mol. The predicted molar refractivity (Wildman–Crippen MR) is 101 cm³/mol. The van der Waals surface area contributed by atoms with Gasteiger partial charge in [-0.1, -0.05) is 23.8 Å². The van der Waals surface area contributed by atoms with E-state index in [4.69, 9.17) is 10.5 Å². The largest absolute Gasteiger partial charge is 0.364 e. The molecule has 1 saturated heterocycles. The molecule has 4 nitrogen and oxygen atoms in total. The second-order valence-electron chi connectivity index (χ2n) is 5.90. The van der Waals surface area contributed by atoms with E-state index in [1.54, 1.807) is 11.3 Å². The first-order chi connectivity index (χ1) is 11.2. The quantitative estimate of drug-likeness (QED) is 0.880. The maximum Gasteiger partial charge on any atom is 0.256 e. The molecule has 2 atom stereocenters. The molecule has 0 radical (unpaired) electrons. The highest BCUT2D eigenvalue weighted by molar-refractivity contribution is 7.09. The molecule has 1 amide bonds. The van der Waals surface area contributed by atoms with Crippen molar-refractivity contribution in [2.75, 3.05) is 11.4 Å². The Bertz CT molecular complexity index is 646. The zero-order valence-electron chi connectivity index (χ0n) is 13.7. The molecular weight excluding hydrogens is 344 g/mol.